The first kappa shape index (κ1) is 19.9. The summed E-state index contributed by atoms with van der Waals surface area (Å²) in [5.41, 5.74) is -5.53. The molecule has 1 aromatic carbocycles. The first-order chi connectivity index (χ1) is 12.9. The maximum atomic E-state index is 12.8. The van der Waals surface area contributed by atoms with E-state index in [1.54, 1.807) is 13.0 Å². The fourth-order valence-electron chi connectivity index (χ4n) is 2.46. The van der Waals surface area contributed by atoms with E-state index in [1.807, 2.05) is 0 Å². The molecule has 0 radical (unpaired) electrons. The number of rotatable bonds is 4. The van der Waals surface area contributed by atoms with Crippen LogP contribution in [0.4, 0.5) is 13.2 Å². The Morgan fingerprint density at radius 1 is 1.18 bits per heavy atom. The molecule has 3 rings (SSSR count). The zero-order valence-corrected chi connectivity index (χ0v) is 15.6. The van der Waals surface area contributed by atoms with Crippen molar-refractivity contribution in [2.75, 3.05) is 0 Å². The van der Waals surface area contributed by atoms with Crippen molar-refractivity contribution in [3.8, 4) is 6.07 Å². The molecule has 1 heterocycles. The number of nitrogens with zero attached hydrogens (tertiary/aromatic N) is 3. The molecule has 1 aliphatic rings. The summed E-state index contributed by atoms with van der Waals surface area (Å²) >= 11 is 0. The molecule has 0 unspecified atom stereocenters. The molecular formula is C15H10F3N3O5S2. The van der Waals surface area contributed by atoms with Gasteiger partial charge in [0.05, 0.1) is 10.6 Å². The Balaban J connectivity index is 2.08. The predicted octanol–water partition coefficient (Wildman–Crippen LogP) is 2.06. The number of hydrogen-bond donors (Lipinski definition) is 0. The lowest BCUT2D eigenvalue weighted by molar-refractivity contribution is -0.0522. The van der Waals surface area contributed by atoms with Gasteiger partial charge in [-0.1, -0.05) is 17.7 Å². The fraction of sp³-hybridized carbons (Fsp3) is 0.200. The topological polar surface area (TPSA) is 119 Å². The predicted molar refractivity (Wildman–Crippen MR) is 88.4 cm³/mol. The Morgan fingerprint density at radius 2 is 1.79 bits per heavy atom. The molecule has 0 spiro atoms. The summed E-state index contributed by atoms with van der Waals surface area (Å²) in [6.45, 7) is 1.74. The number of allylic oxidation sites excluding steroid dienone is 1. The van der Waals surface area contributed by atoms with Gasteiger partial charge >= 0.3 is 15.6 Å². The monoisotopic (exact) mass is 433 g/mol. The Kier molecular flexibility index (Phi) is 4.51. The highest BCUT2D eigenvalue weighted by Crippen LogP contribution is 2.34. The number of nitriles is 1. The molecule has 0 fully saturated rings. The second-order valence-electron chi connectivity index (χ2n) is 5.76. The number of fused-ring (bicyclic) bond motifs is 1. The zero-order valence-electron chi connectivity index (χ0n) is 13.9. The highest BCUT2D eigenvalue weighted by Gasteiger charge is 2.49. The third-order valence-electron chi connectivity index (χ3n) is 3.79. The molecule has 148 valence electrons. The van der Waals surface area contributed by atoms with Crippen molar-refractivity contribution >= 4 is 26.2 Å². The van der Waals surface area contributed by atoms with Crippen molar-refractivity contribution in [2.45, 2.75) is 23.7 Å². The second kappa shape index (κ2) is 6.35. The largest absolute Gasteiger partial charge is 0.534 e. The van der Waals surface area contributed by atoms with Crippen molar-refractivity contribution < 1.29 is 34.2 Å². The van der Waals surface area contributed by atoms with Gasteiger partial charge in [-0.2, -0.15) is 39.4 Å². The van der Waals surface area contributed by atoms with Gasteiger partial charge in [0, 0.05) is 18.1 Å². The SMILES string of the molecule is Cc1ccc(S(=O)(=O)n2nc(C#N)c3c2C=C(OS(=O)(=O)C(F)(F)F)C3)cc1. The van der Waals surface area contributed by atoms with Crippen LogP contribution in [0.2, 0.25) is 0 Å². The van der Waals surface area contributed by atoms with Crippen LogP contribution in [0.25, 0.3) is 6.08 Å². The molecule has 0 atom stereocenters. The van der Waals surface area contributed by atoms with Crippen LogP contribution < -0.4 is 0 Å². The van der Waals surface area contributed by atoms with E-state index < -0.39 is 37.8 Å². The van der Waals surface area contributed by atoms with Gasteiger partial charge in [-0.3, -0.25) is 0 Å². The Labute approximate surface area is 157 Å². The Bertz CT molecular complexity index is 1240. The van der Waals surface area contributed by atoms with Crippen molar-refractivity contribution in [1.82, 2.24) is 9.19 Å². The summed E-state index contributed by atoms with van der Waals surface area (Å²) in [5.74, 6) is -0.672. The van der Waals surface area contributed by atoms with Crippen LogP contribution in [0.15, 0.2) is 34.9 Å². The maximum absolute atomic E-state index is 12.8. The van der Waals surface area contributed by atoms with Gasteiger partial charge in [0.25, 0.3) is 10.0 Å². The van der Waals surface area contributed by atoms with Crippen LogP contribution in [0.3, 0.4) is 0 Å². The molecule has 13 heteroatoms. The second-order valence-corrected chi connectivity index (χ2v) is 9.06. The van der Waals surface area contributed by atoms with Crippen molar-refractivity contribution in [3.63, 3.8) is 0 Å². The first-order valence-electron chi connectivity index (χ1n) is 7.42. The minimum atomic E-state index is -5.93. The van der Waals surface area contributed by atoms with Crippen LogP contribution in [-0.4, -0.2) is 31.5 Å². The van der Waals surface area contributed by atoms with E-state index in [-0.39, 0.29) is 21.8 Å². The van der Waals surface area contributed by atoms with E-state index in [0.29, 0.717) is 4.09 Å². The summed E-state index contributed by atoms with van der Waals surface area (Å²) in [4.78, 5) is -0.168. The van der Waals surface area contributed by atoms with E-state index in [1.165, 1.54) is 24.3 Å². The number of halogens is 3. The molecule has 8 nitrogen and oxygen atoms in total. The summed E-state index contributed by atoms with van der Waals surface area (Å²) in [6, 6.07) is 7.30. The number of aryl methyl sites for hydroxylation is 1. The van der Waals surface area contributed by atoms with Gasteiger partial charge in [-0.15, -0.1) is 5.10 Å². The molecule has 0 N–H and O–H groups in total. The van der Waals surface area contributed by atoms with Crippen LogP contribution in [0.5, 0.6) is 0 Å². The van der Waals surface area contributed by atoms with Gasteiger partial charge in [-0.05, 0) is 19.1 Å². The summed E-state index contributed by atoms with van der Waals surface area (Å²) in [5, 5.41) is 12.8. The lowest BCUT2D eigenvalue weighted by Gasteiger charge is -2.10. The van der Waals surface area contributed by atoms with E-state index in [9.17, 15) is 30.0 Å². The van der Waals surface area contributed by atoms with Gasteiger partial charge < -0.3 is 4.18 Å². The number of alkyl halides is 3. The Morgan fingerprint density at radius 3 is 2.32 bits per heavy atom. The number of benzene rings is 1. The number of hydrogen-bond acceptors (Lipinski definition) is 7. The quantitative estimate of drug-likeness (QED) is 0.535. The fourth-order valence-corrected chi connectivity index (χ4v) is 4.24. The molecule has 0 saturated heterocycles. The molecule has 2 aromatic rings. The molecule has 0 amide bonds. The van der Waals surface area contributed by atoms with Gasteiger partial charge in [0.2, 0.25) is 0 Å². The normalized spacial score (nSPS) is 14.3. The maximum Gasteiger partial charge on any atom is 0.534 e. The van der Waals surface area contributed by atoms with Crippen LogP contribution in [0, 0.1) is 18.3 Å². The highest BCUT2D eigenvalue weighted by atomic mass is 32.2. The summed E-state index contributed by atoms with van der Waals surface area (Å²) in [7, 11) is -10.2. The summed E-state index contributed by atoms with van der Waals surface area (Å²) in [6.07, 6.45) is 0.273. The average Bonchev–Trinajstić information content (AvgIpc) is 3.11. The highest BCUT2D eigenvalue weighted by molar-refractivity contribution is 7.90. The minimum absolute atomic E-state index is 0.0504. The van der Waals surface area contributed by atoms with E-state index in [4.69, 9.17) is 5.26 Å². The van der Waals surface area contributed by atoms with Crippen LogP contribution in [0.1, 0.15) is 22.5 Å². The van der Waals surface area contributed by atoms with Gasteiger partial charge in [0.15, 0.2) is 5.69 Å². The van der Waals surface area contributed by atoms with E-state index in [0.717, 1.165) is 11.6 Å². The third-order valence-corrected chi connectivity index (χ3v) is 6.40. The minimum Gasteiger partial charge on any atom is -0.380 e. The smallest absolute Gasteiger partial charge is 0.380 e. The molecule has 28 heavy (non-hydrogen) atoms. The zero-order chi connectivity index (χ0) is 20.9. The standard InChI is InChI=1S/C15H10F3N3O5S2/c1-9-2-4-11(5-3-9)27(22,23)21-14-7-10(6-12(14)13(8-19)20-21)26-28(24,25)15(16,17)18/h2-5,7H,6H2,1H3. The van der Waals surface area contributed by atoms with Gasteiger partial charge in [0.1, 0.15) is 11.8 Å². The van der Waals surface area contributed by atoms with Crippen LogP contribution >= 0.6 is 0 Å². The van der Waals surface area contributed by atoms with E-state index in [2.05, 4.69) is 9.28 Å². The van der Waals surface area contributed by atoms with Crippen molar-refractivity contribution in [3.05, 3.63) is 52.5 Å². The molecule has 1 aliphatic carbocycles. The van der Waals surface area contributed by atoms with Crippen molar-refractivity contribution in [2.24, 2.45) is 0 Å². The van der Waals surface area contributed by atoms with Crippen LogP contribution in [-0.2, 0) is 30.7 Å². The third kappa shape index (κ3) is 3.25. The molecule has 0 bridgehead atoms. The Hall–Kier alpha value is -2.85. The number of aromatic nitrogens is 2. The van der Waals surface area contributed by atoms with E-state index >= 15 is 0 Å². The summed E-state index contributed by atoms with van der Waals surface area (Å²) < 4.78 is 90.0. The average molecular weight is 433 g/mol. The lowest BCUT2D eigenvalue weighted by atomic mass is 10.2. The molecule has 0 saturated carbocycles. The van der Waals surface area contributed by atoms with Gasteiger partial charge in [-0.25, -0.2) is 0 Å². The lowest BCUT2D eigenvalue weighted by Crippen LogP contribution is -2.25. The molecule has 1 aromatic heterocycles. The molecular weight excluding hydrogens is 423 g/mol. The first-order valence-corrected chi connectivity index (χ1v) is 10.3. The van der Waals surface area contributed by atoms with Crippen molar-refractivity contribution in [1.29, 1.82) is 5.26 Å². The molecule has 0 aliphatic heterocycles.